The van der Waals surface area contributed by atoms with Crippen LogP contribution in [0.25, 0.3) is 0 Å². The summed E-state index contributed by atoms with van der Waals surface area (Å²) in [4.78, 5) is 2.14. The van der Waals surface area contributed by atoms with Crippen molar-refractivity contribution in [1.29, 1.82) is 0 Å². The Labute approximate surface area is 156 Å². The van der Waals surface area contributed by atoms with Gasteiger partial charge in [-0.1, -0.05) is 12.1 Å². The fourth-order valence-electron chi connectivity index (χ4n) is 2.71. The third-order valence-electron chi connectivity index (χ3n) is 3.91. The predicted octanol–water partition coefficient (Wildman–Crippen LogP) is 4.06. The van der Waals surface area contributed by atoms with E-state index in [0.29, 0.717) is 19.7 Å². The number of hydrogen-bond acceptors (Lipinski definition) is 5. The number of ether oxygens (including phenoxy) is 1. The minimum atomic E-state index is -0.621. The van der Waals surface area contributed by atoms with Crippen LogP contribution in [-0.4, -0.2) is 29.3 Å². The molecule has 0 bridgehead atoms. The Kier molecular flexibility index (Phi) is 6.96. The summed E-state index contributed by atoms with van der Waals surface area (Å²) in [5.41, 5.74) is 2.20. The molecule has 26 heavy (non-hydrogen) atoms. The highest BCUT2D eigenvalue weighted by atomic mass is 32.1. The van der Waals surface area contributed by atoms with Crippen LogP contribution in [0.1, 0.15) is 16.9 Å². The van der Waals surface area contributed by atoms with Crippen molar-refractivity contribution in [3.8, 4) is 0 Å². The normalized spacial score (nSPS) is 12.6. The molecule has 3 rings (SSSR count). The van der Waals surface area contributed by atoms with E-state index in [1.807, 2.05) is 11.4 Å². The van der Waals surface area contributed by atoms with E-state index in [1.165, 1.54) is 17.7 Å². The predicted molar refractivity (Wildman–Crippen MR) is 99.2 cm³/mol. The second-order valence-corrected chi connectivity index (χ2v) is 6.96. The molecule has 2 aromatic heterocycles. The van der Waals surface area contributed by atoms with Crippen molar-refractivity contribution in [1.82, 2.24) is 4.90 Å². The molecule has 1 N–H and O–H groups in total. The molecule has 4 nitrogen and oxygen atoms in total. The average molecular weight is 375 g/mol. The lowest BCUT2D eigenvalue weighted by atomic mass is 10.2. The Balaban J connectivity index is 1.54. The van der Waals surface area contributed by atoms with Gasteiger partial charge in [0, 0.05) is 19.6 Å². The maximum absolute atomic E-state index is 13.1. The number of aliphatic hydroxyl groups excluding tert-OH is 1. The Morgan fingerprint density at radius 2 is 1.92 bits per heavy atom. The molecular formula is C20H22FNO3S. The molecule has 138 valence electrons. The third kappa shape index (κ3) is 6.07. The molecule has 0 spiro atoms. The molecule has 1 aromatic carbocycles. The molecule has 1 unspecified atom stereocenters. The zero-order valence-corrected chi connectivity index (χ0v) is 15.2. The minimum Gasteiger partial charge on any atom is -0.467 e. The number of nitrogens with zero attached hydrogens (tertiary/aromatic N) is 1. The minimum absolute atomic E-state index is 0.226. The van der Waals surface area contributed by atoms with Crippen LogP contribution in [0.15, 0.2) is 63.9 Å². The first-order valence-corrected chi connectivity index (χ1v) is 9.39. The van der Waals surface area contributed by atoms with Gasteiger partial charge in [0.1, 0.15) is 18.2 Å². The summed E-state index contributed by atoms with van der Waals surface area (Å²) in [7, 11) is 0. The van der Waals surface area contributed by atoms with Crippen molar-refractivity contribution in [2.45, 2.75) is 25.8 Å². The van der Waals surface area contributed by atoms with Crippen LogP contribution in [0.3, 0.4) is 0 Å². The van der Waals surface area contributed by atoms with E-state index in [-0.39, 0.29) is 12.4 Å². The summed E-state index contributed by atoms with van der Waals surface area (Å²) in [5, 5.41) is 14.5. The molecule has 6 heteroatoms. The molecule has 0 amide bonds. The zero-order chi connectivity index (χ0) is 18.2. The van der Waals surface area contributed by atoms with Gasteiger partial charge in [-0.05, 0) is 52.2 Å². The maximum Gasteiger partial charge on any atom is 0.129 e. The second-order valence-electron chi connectivity index (χ2n) is 6.18. The van der Waals surface area contributed by atoms with Crippen molar-refractivity contribution < 1.29 is 18.7 Å². The highest BCUT2D eigenvalue weighted by molar-refractivity contribution is 7.07. The number of aliphatic hydroxyl groups is 1. The fourth-order valence-corrected chi connectivity index (χ4v) is 3.37. The molecule has 0 aliphatic heterocycles. The number of thiophene rings is 1. The van der Waals surface area contributed by atoms with Gasteiger partial charge in [0.15, 0.2) is 0 Å². The van der Waals surface area contributed by atoms with Crippen molar-refractivity contribution in [3.05, 3.63) is 82.2 Å². The van der Waals surface area contributed by atoms with E-state index in [4.69, 9.17) is 9.15 Å². The summed E-state index contributed by atoms with van der Waals surface area (Å²) in [6, 6.07) is 12.2. The van der Waals surface area contributed by atoms with E-state index in [9.17, 15) is 9.50 Å². The molecule has 0 saturated heterocycles. The van der Waals surface area contributed by atoms with E-state index in [2.05, 4.69) is 16.3 Å². The number of halogens is 1. The first-order valence-electron chi connectivity index (χ1n) is 8.45. The van der Waals surface area contributed by atoms with Gasteiger partial charge in [-0.3, -0.25) is 4.90 Å². The molecule has 1 atom stereocenters. The summed E-state index contributed by atoms with van der Waals surface area (Å²) in [6.45, 7) is 2.38. The molecule has 0 radical (unpaired) electrons. The van der Waals surface area contributed by atoms with Crippen LogP contribution in [-0.2, 0) is 24.4 Å². The van der Waals surface area contributed by atoms with Crippen molar-refractivity contribution in [3.63, 3.8) is 0 Å². The van der Waals surface area contributed by atoms with Gasteiger partial charge < -0.3 is 14.3 Å². The maximum atomic E-state index is 13.1. The van der Waals surface area contributed by atoms with E-state index in [1.54, 1.807) is 35.8 Å². The number of rotatable bonds is 10. The fraction of sp³-hybridized carbons (Fsp3) is 0.300. The van der Waals surface area contributed by atoms with Gasteiger partial charge >= 0.3 is 0 Å². The highest BCUT2D eigenvalue weighted by Crippen LogP contribution is 2.14. The largest absolute Gasteiger partial charge is 0.467 e. The number of hydrogen-bond donors (Lipinski definition) is 1. The lowest BCUT2D eigenvalue weighted by molar-refractivity contribution is 0.00255. The Bertz CT molecular complexity index is 744. The number of furan rings is 1. The smallest absolute Gasteiger partial charge is 0.129 e. The van der Waals surface area contributed by atoms with Gasteiger partial charge in [-0.15, -0.1) is 0 Å². The van der Waals surface area contributed by atoms with Crippen LogP contribution in [0.5, 0.6) is 0 Å². The lowest BCUT2D eigenvalue weighted by Gasteiger charge is -2.25. The standard InChI is InChI=1S/C20H22FNO3S/c21-18-5-3-16(4-6-18)10-22(11-17-7-9-26-15-17)12-19(23)13-24-14-20-2-1-8-25-20/h1-9,15,19,23H,10-14H2. The van der Waals surface area contributed by atoms with Crippen LogP contribution >= 0.6 is 11.3 Å². The third-order valence-corrected chi connectivity index (χ3v) is 4.64. The first-order chi connectivity index (χ1) is 12.7. The van der Waals surface area contributed by atoms with Gasteiger partial charge in [-0.25, -0.2) is 4.39 Å². The van der Waals surface area contributed by atoms with Crippen LogP contribution in [0, 0.1) is 5.82 Å². The summed E-state index contributed by atoms with van der Waals surface area (Å²) in [5.74, 6) is 0.489. The summed E-state index contributed by atoms with van der Waals surface area (Å²) in [6.07, 6.45) is 0.976. The van der Waals surface area contributed by atoms with Gasteiger partial charge in [0.25, 0.3) is 0 Å². The highest BCUT2D eigenvalue weighted by Gasteiger charge is 2.14. The van der Waals surface area contributed by atoms with Crippen molar-refractivity contribution >= 4 is 11.3 Å². The summed E-state index contributed by atoms with van der Waals surface area (Å²) < 4.78 is 23.9. The first kappa shape index (κ1) is 18.8. The van der Waals surface area contributed by atoms with Crippen LogP contribution < -0.4 is 0 Å². The van der Waals surface area contributed by atoms with E-state index in [0.717, 1.165) is 17.9 Å². The SMILES string of the molecule is OC(COCc1ccco1)CN(Cc1ccc(F)cc1)Cc1ccsc1. The Hall–Kier alpha value is -1.99. The quantitative estimate of drug-likeness (QED) is 0.580. The van der Waals surface area contributed by atoms with Crippen LogP contribution in [0.4, 0.5) is 4.39 Å². The topological polar surface area (TPSA) is 45.8 Å². The Morgan fingerprint density at radius 1 is 1.12 bits per heavy atom. The molecule has 0 aliphatic rings. The molecular weight excluding hydrogens is 353 g/mol. The zero-order valence-electron chi connectivity index (χ0n) is 14.4. The van der Waals surface area contributed by atoms with Gasteiger partial charge in [0.05, 0.1) is 19.0 Å². The number of benzene rings is 1. The average Bonchev–Trinajstić information content (AvgIpc) is 3.31. The van der Waals surface area contributed by atoms with Crippen molar-refractivity contribution in [2.24, 2.45) is 0 Å². The second kappa shape index (κ2) is 9.64. The van der Waals surface area contributed by atoms with Gasteiger partial charge in [0.2, 0.25) is 0 Å². The molecule has 0 aliphatic carbocycles. The Morgan fingerprint density at radius 3 is 2.62 bits per heavy atom. The lowest BCUT2D eigenvalue weighted by Crippen LogP contribution is -2.34. The molecule has 2 heterocycles. The van der Waals surface area contributed by atoms with Gasteiger partial charge in [-0.2, -0.15) is 11.3 Å². The van der Waals surface area contributed by atoms with E-state index >= 15 is 0 Å². The summed E-state index contributed by atoms with van der Waals surface area (Å²) >= 11 is 1.65. The molecule has 0 fully saturated rings. The monoisotopic (exact) mass is 375 g/mol. The molecule has 3 aromatic rings. The van der Waals surface area contributed by atoms with Crippen LogP contribution in [0.2, 0.25) is 0 Å². The van der Waals surface area contributed by atoms with Crippen molar-refractivity contribution in [2.75, 3.05) is 13.2 Å². The molecule has 0 saturated carbocycles. The van der Waals surface area contributed by atoms with E-state index < -0.39 is 6.10 Å².